The van der Waals surface area contributed by atoms with Crippen molar-refractivity contribution in [3.63, 3.8) is 0 Å². The number of carbonyl (C=O) groups is 1. The lowest BCUT2D eigenvalue weighted by Crippen LogP contribution is -2.29. The minimum Gasteiger partial charge on any atom is -0.480 e. The quantitative estimate of drug-likeness (QED) is 0.492. The molecule has 1 atom stereocenters. The maximum absolute atomic E-state index is 10.1. The molecule has 0 rings (SSSR count). The van der Waals surface area contributed by atoms with Crippen molar-refractivity contribution < 1.29 is 9.90 Å². The molecule has 0 aromatic carbocycles. The summed E-state index contributed by atoms with van der Waals surface area (Å²) in [6.45, 7) is 3.51. The van der Waals surface area contributed by atoms with Crippen LogP contribution >= 0.6 is 12.4 Å². The topological polar surface area (TPSA) is 63.3 Å². The average Bonchev–Trinajstić information content (AvgIpc) is 1.88. The van der Waals surface area contributed by atoms with Crippen molar-refractivity contribution >= 4 is 18.4 Å². The second-order valence-corrected chi connectivity index (χ2v) is 2.16. The molecule has 0 bridgehead atoms. The van der Waals surface area contributed by atoms with E-state index in [0.29, 0.717) is 6.42 Å². The van der Waals surface area contributed by atoms with Gasteiger partial charge in [-0.05, 0) is 19.3 Å². The number of hydrogen-bond acceptors (Lipinski definition) is 2. The van der Waals surface area contributed by atoms with Crippen molar-refractivity contribution in [3.05, 3.63) is 12.7 Å². The largest absolute Gasteiger partial charge is 0.480 e. The van der Waals surface area contributed by atoms with Gasteiger partial charge in [-0.3, -0.25) is 4.79 Å². The Balaban J connectivity index is 0. The molecule has 3 N–H and O–H groups in total. The number of allylic oxidation sites excluding steroid dienone is 1. The molecule has 0 saturated heterocycles. The van der Waals surface area contributed by atoms with Crippen molar-refractivity contribution in [1.29, 1.82) is 0 Å². The third kappa shape index (κ3) is 7.36. The maximum Gasteiger partial charge on any atom is 0.320 e. The Morgan fingerprint density at radius 3 is 2.64 bits per heavy atom. The van der Waals surface area contributed by atoms with Gasteiger partial charge in [-0.2, -0.15) is 0 Å². The van der Waals surface area contributed by atoms with Crippen LogP contribution in [0, 0.1) is 0 Å². The number of hydrogen-bond donors (Lipinski definition) is 2. The number of unbranched alkanes of at least 4 members (excludes halogenated alkanes) is 1. The lowest BCUT2D eigenvalue weighted by molar-refractivity contribution is -0.138. The summed E-state index contributed by atoms with van der Waals surface area (Å²) < 4.78 is 0. The normalized spacial score (nSPS) is 11.4. The van der Waals surface area contributed by atoms with Gasteiger partial charge < -0.3 is 10.8 Å². The van der Waals surface area contributed by atoms with E-state index in [0.717, 1.165) is 12.8 Å². The van der Waals surface area contributed by atoms with Gasteiger partial charge in [-0.15, -0.1) is 19.0 Å². The van der Waals surface area contributed by atoms with Crippen molar-refractivity contribution in [2.24, 2.45) is 5.73 Å². The van der Waals surface area contributed by atoms with E-state index in [9.17, 15) is 4.79 Å². The third-order valence-corrected chi connectivity index (χ3v) is 1.24. The van der Waals surface area contributed by atoms with E-state index >= 15 is 0 Å². The first kappa shape index (κ1) is 13.1. The fourth-order valence-corrected chi connectivity index (χ4v) is 0.606. The van der Waals surface area contributed by atoms with Crippen LogP contribution in [0.25, 0.3) is 0 Å². The molecular weight excluding hydrogens is 166 g/mol. The zero-order chi connectivity index (χ0) is 7.98. The molecule has 0 amide bonds. The summed E-state index contributed by atoms with van der Waals surface area (Å²) in [6.07, 6.45) is 3.92. The molecule has 0 aliphatic rings. The summed E-state index contributed by atoms with van der Waals surface area (Å²) in [5, 5.41) is 8.33. The fourth-order valence-electron chi connectivity index (χ4n) is 0.606. The van der Waals surface area contributed by atoms with E-state index in [2.05, 4.69) is 6.58 Å². The predicted octanol–water partition coefficient (Wildman–Crippen LogP) is 1.18. The number of halogens is 1. The van der Waals surface area contributed by atoms with Crippen LogP contribution in [0.2, 0.25) is 0 Å². The molecule has 0 aromatic heterocycles. The number of rotatable bonds is 5. The van der Waals surface area contributed by atoms with Crippen molar-refractivity contribution in [2.45, 2.75) is 25.3 Å². The van der Waals surface area contributed by atoms with Crippen LogP contribution < -0.4 is 5.73 Å². The maximum atomic E-state index is 10.1. The molecule has 0 aliphatic heterocycles. The van der Waals surface area contributed by atoms with Crippen LogP contribution in [0.5, 0.6) is 0 Å². The summed E-state index contributed by atoms with van der Waals surface area (Å²) in [4.78, 5) is 10.1. The molecule has 0 radical (unpaired) electrons. The van der Waals surface area contributed by atoms with E-state index in [1.54, 1.807) is 6.08 Å². The predicted molar refractivity (Wildman–Crippen MR) is 46.9 cm³/mol. The number of carboxylic acid groups (broad SMARTS) is 1. The standard InChI is InChI=1S/C7H13NO2.ClH/c1-2-3-4-5-6(8)7(9)10;/h2,6H,1,3-5,8H2,(H,9,10);1H/t6-;/m1./s1. The van der Waals surface area contributed by atoms with Crippen LogP contribution in [0.4, 0.5) is 0 Å². The Bertz CT molecular complexity index is 128. The highest BCUT2D eigenvalue weighted by Gasteiger charge is 2.08. The number of nitrogens with two attached hydrogens (primary N) is 1. The molecule has 0 fully saturated rings. The Morgan fingerprint density at radius 2 is 2.27 bits per heavy atom. The average molecular weight is 180 g/mol. The Kier molecular flexibility index (Phi) is 9.00. The lowest BCUT2D eigenvalue weighted by Gasteiger charge is -2.02. The second kappa shape index (κ2) is 7.57. The van der Waals surface area contributed by atoms with E-state index in [1.165, 1.54) is 0 Å². The van der Waals surface area contributed by atoms with Gasteiger partial charge in [0.05, 0.1) is 0 Å². The van der Waals surface area contributed by atoms with E-state index in [1.807, 2.05) is 0 Å². The molecule has 66 valence electrons. The van der Waals surface area contributed by atoms with Crippen LogP contribution in [-0.4, -0.2) is 17.1 Å². The minimum absolute atomic E-state index is 0. The van der Waals surface area contributed by atoms with Crippen LogP contribution in [0.1, 0.15) is 19.3 Å². The molecule has 0 aliphatic carbocycles. The van der Waals surface area contributed by atoms with Gasteiger partial charge in [-0.1, -0.05) is 6.08 Å². The summed E-state index contributed by atoms with van der Waals surface area (Å²) in [5.41, 5.74) is 5.22. The molecule has 0 spiro atoms. The Morgan fingerprint density at radius 1 is 1.73 bits per heavy atom. The van der Waals surface area contributed by atoms with E-state index in [-0.39, 0.29) is 12.4 Å². The smallest absolute Gasteiger partial charge is 0.320 e. The van der Waals surface area contributed by atoms with Gasteiger partial charge in [0.2, 0.25) is 0 Å². The Hall–Kier alpha value is -0.540. The van der Waals surface area contributed by atoms with Crippen molar-refractivity contribution in [1.82, 2.24) is 0 Å². The summed E-state index contributed by atoms with van der Waals surface area (Å²) in [6, 6.07) is -0.708. The zero-order valence-corrected chi connectivity index (χ0v) is 7.14. The van der Waals surface area contributed by atoms with Crippen molar-refractivity contribution in [2.75, 3.05) is 0 Å². The zero-order valence-electron chi connectivity index (χ0n) is 6.32. The van der Waals surface area contributed by atoms with Gasteiger partial charge in [0.1, 0.15) is 6.04 Å². The van der Waals surface area contributed by atoms with Gasteiger partial charge in [0, 0.05) is 0 Å². The first-order valence-corrected chi connectivity index (χ1v) is 3.27. The van der Waals surface area contributed by atoms with Crippen LogP contribution in [0.15, 0.2) is 12.7 Å². The monoisotopic (exact) mass is 179 g/mol. The summed E-state index contributed by atoms with van der Waals surface area (Å²) in [7, 11) is 0. The highest BCUT2D eigenvalue weighted by Crippen LogP contribution is 1.98. The Labute approximate surface area is 72.7 Å². The third-order valence-electron chi connectivity index (χ3n) is 1.24. The summed E-state index contributed by atoms with van der Waals surface area (Å²) >= 11 is 0. The lowest BCUT2D eigenvalue weighted by atomic mass is 10.1. The van der Waals surface area contributed by atoms with Gasteiger partial charge in [-0.25, -0.2) is 0 Å². The van der Waals surface area contributed by atoms with E-state index in [4.69, 9.17) is 10.8 Å². The van der Waals surface area contributed by atoms with Gasteiger partial charge >= 0.3 is 5.97 Å². The first-order chi connectivity index (χ1) is 4.68. The second-order valence-electron chi connectivity index (χ2n) is 2.16. The molecule has 0 aromatic rings. The molecule has 0 saturated carbocycles. The number of aliphatic carboxylic acids is 1. The SMILES string of the molecule is C=CCCC[C@@H](N)C(=O)O.Cl. The van der Waals surface area contributed by atoms with E-state index < -0.39 is 12.0 Å². The fraction of sp³-hybridized carbons (Fsp3) is 0.571. The molecule has 11 heavy (non-hydrogen) atoms. The summed E-state index contributed by atoms with van der Waals surface area (Å²) in [5.74, 6) is -0.927. The molecular formula is C7H14ClNO2. The molecule has 0 heterocycles. The highest BCUT2D eigenvalue weighted by molar-refractivity contribution is 5.85. The molecule has 0 unspecified atom stereocenters. The van der Waals surface area contributed by atoms with Gasteiger partial charge in [0.15, 0.2) is 0 Å². The first-order valence-electron chi connectivity index (χ1n) is 3.27. The molecule has 3 nitrogen and oxygen atoms in total. The highest BCUT2D eigenvalue weighted by atomic mass is 35.5. The molecule has 4 heteroatoms. The van der Waals surface area contributed by atoms with Gasteiger partial charge in [0.25, 0.3) is 0 Å². The van der Waals surface area contributed by atoms with Crippen molar-refractivity contribution in [3.8, 4) is 0 Å². The minimum atomic E-state index is -0.927. The van der Waals surface area contributed by atoms with Crippen LogP contribution in [0.3, 0.4) is 0 Å². The number of carboxylic acids is 1. The van der Waals surface area contributed by atoms with Crippen LogP contribution in [-0.2, 0) is 4.79 Å².